The van der Waals surface area contributed by atoms with Crippen molar-refractivity contribution in [1.82, 2.24) is 0 Å². The van der Waals surface area contributed by atoms with Crippen LogP contribution in [-0.2, 0) is 4.74 Å². The van der Waals surface area contributed by atoms with Crippen LogP contribution in [0.3, 0.4) is 0 Å². The molecule has 2 heterocycles. The Hall–Kier alpha value is -1.60. The fourth-order valence-electron chi connectivity index (χ4n) is 3.52. The minimum absolute atomic E-state index is 0.162. The zero-order valence-electron chi connectivity index (χ0n) is 15.3. The molecule has 2 bridgehead atoms. The molecule has 0 radical (unpaired) electrons. The van der Waals surface area contributed by atoms with Crippen molar-refractivity contribution in [2.24, 2.45) is 5.41 Å². The lowest BCUT2D eigenvalue weighted by molar-refractivity contribution is 0.0772. The Morgan fingerprint density at radius 1 is 1.33 bits per heavy atom. The lowest BCUT2D eigenvalue weighted by Crippen LogP contribution is -2.18. The van der Waals surface area contributed by atoms with Gasteiger partial charge in [0.1, 0.15) is 0 Å². The van der Waals surface area contributed by atoms with Gasteiger partial charge in [0, 0.05) is 6.42 Å². The predicted molar refractivity (Wildman–Crippen MR) is 103 cm³/mol. The molecule has 0 aromatic heterocycles. The topological polar surface area (TPSA) is 9.23 Å². The summed E-state index contributed by atoms with van der Waals surface area (Å²) in [6.45, 7) is 10.8. The lowest BCUT2D eigenvalue weighted by Gasteiger charge is -2.28. The van der Waals surface area contributed by atoms with Crippen LogP contribution in [0.5, 0.6) is 0 Å². The maximum absolute atomic E-state index is 5.85. The molecule has 0 spiro atoms. The SMILES string of the molecule is C=C(C)/C=C\C(=C/CC1=CCC(C)(C)CC1)C1=C[C@H]2C=C[C@@H](C1)O2. The number of fused-ring (bicyclic) bond motifs is 2. The van der Waals surface area contributed by atoms with E-state index in [1.807, 2.05) is 6.92 Å². The quantitative estimate of drug-likeness (QED) is 0.431. The van der Waals surface area contributed by atoms with Crippen molar-refractivity contribution >= 4 is 0 Å². The van der Waals surface area contributed by atoms with E-state index in [4.69, 9.17) is 4.74 Å². The van der Waals surface area contributed by atoms with Gasteiger partial charge in [0.25, 0.3) is 0 Å². The number of hydrogen-bond donors (Lipinski definition) is 0. The van der Waals surface area contributed by atoms with Crippen LogP contribution >= 0.6 is 0 Å². The molecule has 3 rings (SSSR count). The number of rotatable bonds is 5. The first-order valence-electron chi connectivity index (χ1n) is 9.18. The maximum atomic E-state index is 5.85. The summed E-state index contributed by atoms with van der Waals surface area (Å²) in [6, 6.07) is 0. The second kappa shape index (κ2) is 7.11. The van der Waals surface area contributed by atoms with Gasteiger partial charge in [-0.1, -0.05) is 68.0 Å². The molecule has 1 heteroatoms. The third kappa shape index (κ3) is 4.48. The van der Waals surface area contributed by atoms with Gasteiger partial charge in [0.05, 0.1) is 12.2 Å². The van der Waals surface area contributed by atoms with Crippen LogP contribution in [0.15, 0.2) is 71.4 Å². The molecule has 0 saturated carbocycles. The van der Waals surface area contributed by atoms with E-state index >= 15 is 0 Å². The van der Waals surface area contributed by atoms with E-state index in [0.717, 1.165) is 18.4 Å². The van der Waals surface area contributed by atoms with Gasteiger partial charge >= 0.3 is 0 Å². The molecule has 0 N–H and O–H groups in total. The Morgan fingerprint density at radius 2 is 2.17 bits per heavy atom. The van der Waals surface area contributed by atoms with Gasteiger partial charge in [-0.25, -0.2) is 0 Å². The summed E-state index contributed by atoms with van der Waals surface area (Å²) in [5.74, 6) is 0. The molecule has 1 aliphatic carbocycles. The Kier molecular flexibility index (Phi) is 5.10. The average Bonchev–Trinajstić information content (AvgIpc) is 2.86. The van der Waals surface area contributed by atoms with Gasteiger partial charge in [-0.3, -0.25) is 0 Å². The van der Waals surface area contributed by atoms with Crippen LogP contribution in [0, 0.1) is 5.41 Å². The Morgan fingerprint density at radius 3 is 2.83 bits per heavy atom. The number of allylic oxidation sites excluding steroid dienone is 7. The average molecular weight is 322 g/mol. The Labute approximate surface area is 147 Å². The van der Waals surface area contributed by atoms with Crippen LogP contribution in [0.2, 0.25) is 0 Å². The predicted octanol–water partition coefficient (Wildman–Crippen LogP) is 6.23. The fraction of sp³-hybridized carbons (Fsp3) is 0.478. The second-order valence-electron chi connectivity index (χ2n) is 8.19. The van der Waals surface area contributed by atoms with E-state index in [9.17, 15) is 0 Å². The summed E-state index contributed by atoms with van der Waals surface area (Å²) < 4.78 is 5.85. The number of ether oxygens (including phenoxy) is 1. The highest BCUT2D eigenvalue weighted by Crippen LogP contribution is 2.36. The molecule has 3 aliphatic rings. The lowest BCUT2D eigenvalue weighted by atomic mass is 9.77. The molecule has 0 unspecified atom stereocenters. The van der Waals surface area contributed by atoms with Crippen molar-refractivity contribution in [2.45, 2.75) is 65.1 Å². The molecule has 2 atom stereocenters. The molecule has 2 aliphatic heterocycles. The smallest absolute Gasteiger partial charge is 0.0952 e. The van der Waals surface area contributed by atoms with Crippen molar-refractivity contribution in [3.8, 4) is 0 Å². The normalized spacial score (nSPS) is 28.9. The Bertz CT molecular complexity index is 652. The first-order chi connectivity index (χ1) is 11.4. The molecular formula is C23H30O. The van der Waals surface area contributed by atoms with Crippen LogP contribution in [0.1, 0.15) is 52.9 Å². The molecule has 0 saturated heterocycles. The van der Waals surface area contributed by atoms with Crippen LogP contribution in [-0.4, -0.2) is 12.2 Å². The molecule has 0 fully saturated rings. The van der Waals surface area contributed by atoms with Gasteiger partial charge in [-0.05, 0) is 55.2 Å². The second-order valence-corrected chi connectivity index (χ2v) is 8.19. The van der Waals surface area contributed by atoms with Crippen molar-refractivity contribution in [3.05, 3.63) is 71.4 Å². The van der Waals surface area contributed by atoms with Crippen molar-refractivity contribution in [1.29, 1.82) is 0 Å². The van der Waals surface area contributed by atoms with Gasteiger partial charge in [-0.15, -0.1) is 0 Å². The standard InChI is InChI=1S/C23H30O/c1-17(2)5-7-19(20-15-21-9-10-22(16-20)24-21)8-6-18-11-13-23(3,4)14-12-18/h5,7-11,15,21-22H,1,6,12-14,16H2,2-4H3/b7-5-,19-8+/t21-,22+/m1/s1. The summed E-state index contributed by atoms with van der Waals surface area (Å²) in [6.07, 6.45) is 22.0. The van der Waals surface area contributed by atoms with Gasteiger partial charge < -0.3 is 4.74 Å². The molecular weight excluding hydrogens is 292 g/mol. The van der Waals surface area contributed by atoms with E-state index in [1.54, 1.807) is 5.57 Å². The zero-order valence-corrected chi connectivity index (χ0v) is 15.3. The first-order valence-corrected chi connectivity index (χ1v) is 9.18. The summed E-state index contributed by atoms with van der Waals surface area (Å²) >= 11 is 0. The minimum atomic E-state index is 0.162. The molecule has 1 nitrogen and oxygen atoms in total. The molecule has 128 valence electrons. The third-order valence-electron chi connectivity index (χ3n) is 5.20. The zero-order chi connectivity index (χ0) is 17.2. The summed E-state index contributed by atoms with van der Waals surface area (Å²) in [7, 11) is 0. The highest BCUT2D eigenvalue weighted by molar-refractivity contribution is 5.45. The van der Waals surface area contributed by atoms with E-state index in [-0.39, 0.29) is 12.2 Å². The molecule has 24 heavy (non-hydrogen) atoms. The maximum Gasteiger partial charge on any atom is 0.0952 e. The molecule has 0 aromatic rings. The van der Waals surface area contributed by atoms with Gasteiger partial charge in [-0.2, -0.15) is 0 Å². The van der Waals surface area contributed by atoms with Crippen LogP contribution < -0.4 is 0 Å². The van der Waals surface area contributed by atoms with Crippen molar-refractivity contribution in [2.75, 3.05) is 0 Å². The van der Waals surface area contributed by atoms with E-state index in [1.165, 1.54) is 30.4 Å². The monoisotopic (exact) mass is 322 g/mol. The van der Waals surface area contributed by atoms with Gasteiger partial charge in [0.2, 0.25) is 0 Å². The van der Waals surface area contributed by atoms with Crippen LogP contribution in [0.4, 0.5) is 0 Å². The highest BCUT2D eigenvalue weighted by atomic mass is 16.5. The number of hydrogen-bond acceptors (Lipinski definition) is 1. The highest BCUT2D eigenvalue weighted by Gasteiger charge is 2.25. The largest absolute Gasteiger partial charge is 0.362 e. The molecule has 0 aromatic carbocycles. The van der Waals surface area contributed by atoms with Gasteiger partial charge in [0.15, 0.2) is 0 Å². The Balaban J connectivity index is 1.75. The van der Waals surface area contributed by atoms with E-state index < -0.39 is 0 Å². The third-order valence-corrected chi connectivity index (χ3v) is 5.20. The minimum Gasteiger partial charge on any atom is -0.362 e. The summed E-state index contributed by atoms with van der Waals surface area (Å²) in [5, 5.41) is 0. The molecule has 0 amide bonds. The first kappa shape index (κ1) is 17.2. The van der Waals surface area contributed by atoms with Crippen LogP contribution in [0.25, 0.3) is 0 Å². The summed E-state index contributed by atoms with van der Waals surface area (Å²) in [5.41, 5.74) is 5.91. The summed E-state index contributed by atoms with van der Waals surface area (Å²) in [4.78, 5) is 0. The van der Waals surface area contributed by atoms with Crippen molar-refractivity contribution < 1.29 is 4.74 Å². The fourth-order valence-corrected chi connectivity index (χ4v) is 3.52. The van der Waals surface area contributed by atoms with E-state index in [0.29, 0.717) is 5.41 Å². The van der Waals surface area contributed by atoms with Crippen molar-refractivity contribution in [3.63, 3.8) is 0 Å². The van der Waals surface area contributed by atoms with E-state index in [2.05, 4.69) is 63.0 Å².